The van der Waals surface area contributed by atoms with Gasteiger partial charge in [-0.1, -0.05) is 0 Å². The summed E-state index contributed by atoms with van der Waals surface area (Å²) in [6.07, 6.45) is 0.644. The van der Waals surface area contributed by atoms with Crippen molar-refractivity contribution in [2.45, 2.75) is 31.2 Å². The maximum Gasteiger partial charge on any atom is 0.240 e. The van der Waals surface area contributed by atoms with Gasteiger partial charge in [-0.15, -0.1) is 0 Å². The maximum absolute atomic E-state index is 12.9. The van der Waals surface area contributed by atoms with Gasteiger partial charge in [0.25, 0.3) is 0 Å². The molecule has 2 aromatic heterocycles. The largest absolute Gasteiger partial charge is 0.493 e. The minimum Gasteiger partial charge on any atom is -0.493 e. The van der Waals surface area contributed by atoms with E-state index in [1.807, 2.05) is 48.7 Å². The van der Waals surface area contributed by atoms with Gasteiger partial charge in [0, 0.05) is 24.7 Å². The van der Waals surface area contributed by atoms with Crippen LogP contribution in [0.4, 0.5) is 5.69 Å². The average Bonchev–Trinajstić information content (AvgIpc) is 3.50. The number of sulfonamides is 1. The van der Waals surface area contributed by atoms with Crippen LogP contribution in [0.1, 0.15) is 23.4 Å². The van der Waals surface area contributed by atoms with E-state index in [4.69, 9.17) is 24.8 Å². The van der Waals surface area contributed by atoms with Gasteiger partial charge < -0.3 is 14.4 Å². The van der Waals surface area contributed by atoms with E-state index >= 15 is 0 Å². The molecule has 1 aliphatic rings. The van der Waals surface area contributed by atoms with Gasteiger partial charge in [-0.2, -0.15) is 10.4 Å². The Balaban J connectivity index is 1.45. The molecule has 0 bridgehead atoms. The van der Waals surface area contributed by atoms with Crippen molar-refractivity contribution >= 4 is 21.4 Å². The maximum atomic E-state index is 12.9. The van der Waals surface area contributed by atoms with Crippen molar-refractivity contribution in [2.24, 2.45) is 0 Å². The van der Waals surface area contributed by atoms with Crippen molar-refractivity contribution in [3.05, 3.63) is 65.5 Å². The number of nitrogens with one attached hydrogen (secondary N) is 1. The smallest absolute Gasteiger partial charge is 0.240 e. The molecule has 0 aliphatic carbocycles. The molecule has 5 rings (SSSR count). The molecular weight excluding hydrogens is 504 g/mol. The lowest BCUT2D eigenvalue weighted by Gasteiger charge is -2.20. The molecule has 1 fully saturated rings. The summed E-state index contributed by atoms with van der Waals surface area (Å²) in [6.45, 7) is 5.03. The van der Waals surface area contributed by atoms with Gasteiger partial charge in [0.2, 0.25) is 10.0 Å². The second-order valence-electron chi connectivity index (χ2n) is 9.21. The second-order valence-corrected chi connectivity index (χ2v) is 10.9. The highest BCUT2D eigenvalue weighted by Gasteiger charge is 2.30. The quantitative estimate of drug-likeness (QED) is 0.384. The Morgan fingerprint density at radius 1 is 1.05 bits per heavy atom. The third-order valence-corrected chi connectivity index (χ3v) is 8.20. The monoisotopic (exact) mass is 532 g/mol. The summed E-state index contributed by atoms with van der Waals surface area (Å²) < 4.78 is 41.4. The van der Waals surface area contributed by atoms with Gasteiger partial charge in [-0.05, 0) is 68.8 Å². The molecule has 1 saturated heterocycles. The van der Waals surface area contributed by atoms with Crippen molar-refractivity contribution in [3.8, 4) is 28.8 Å². The van der Waals surface area contributed by atoms with Crippen molar-refractivity contribution in [3.63, 3.8) is 0 Å². The molecule has 1 atom stereocenters. The number of nitrogens with zero attached hydrogens (tertiary/aromatic N) is 5. The predicted molar refractivity (Wildman–Crippen MR) is 143 cm³/mol. The third kappa shape index (κ3) is 4.64. The fourth-order valence-electron chi connectivity index (χ4n) is 4.85. The van der Waals surface area contributed by atoms with E-state index in [1.54, 1.807) is 14.2 Å². The standard InChI is InChI=1S/C27H28N6O4S/c1-17-13-23(32-12-11-21(16-32)31-38(34,35)22-8-5-19(15-28)6-9-22)27-29-18(2)26(33(27)30-17)20-7-10-24(36-3)25(14-20)37-4/h5-10,13-14,21,31H,11-12,16H2,1-4H3. The molecule has 10 nitrogen and oxygen atoms in total. The van der Waals surface area contributed by atoms with Crippen LogP contribution in [0.5, 0.6) is 11.5 Å². The topological polar surface area (TPSA) is 122 Å². The van der Waals surface area contributed by atoms with Gasteiger partial charge in [-0.3, -0.25) is 0 Å². The Labute approximate surface area is 221 Å². The predicted octanol–water partition coefficient (Wildman–Crippen LogP) is 3.46. The first kappa shape index (κ1) is 25.5. The first-order valence-corrected chi connectivity index (χ1v) is 13.6. The summed E-state index contributed by atoms with van der Waals surface area (Å²) in [6, 6.07) is 15.3. The van der Waals surface area contributed by atoms with Crippen LogP contribution in [0, 0.1) is 25.2 Å². The van der Waals surface area contributed by atoms with Crippen molar-refractivity contribution < 1.29 is 17.9 Å². The van der Waals surface area contributed by atoms with Gasteiger partial charge in [0.15, 0.2) is 17.1 Å². The van der Waals surface area contributed by atoms with Crippen LogP contribution < -0.4 is 19.1 Å². The molecule has 0 saturated carbocycles. The molecule has 1 unspecified atom stereocenters. The van der Waals surface area contributed by atoms with E-state index in [-0.39, 0.29) is 10.9 Å². The molecule has 0 radical (unpaired) electrons. The van der Waals surface area contributed by atoms with Gasteiger partial charge in [-0.25, -0.2) is 22.6 Å². The molecule has 2 aromatic carbocycles. The fourth-order valence-corrected chi connectivity index (χ4v) is 6.11. The van der Waals surface area contributed by atoms with Crippen LogP contribution in [0.2, 0.25) is 0 Å². The zero-order valence-corrected chi connectivity index (χ0v) is 22.4. The number of hydrogen-bond donors (Lipinski definition) is 1. The molecule has 0 spiro atoms. The zero-order chi connectivity index (χ0) is 27.0. The number of rotatable bonds is 7. The number of aromatic nitrogens is 3. The SMILES string of the molecule is COc1ccc(-c2c(C)nc3c(N4CCC(NS(=O)(=O)c5ccc(C#N)cc5)C4)cc(C)nn23)cc1OC. The van der Waals surface area contributed by atoms with E-state index < -0.39 is 10.0 Å². The lowest BCUT2D eigenvalue weighted by atomic mass is 10.1. The Kier molecular flexibility index (Phi) is 6.69. The van der Waals surface area contributed by atoms with E-state index in [1.165, 1.54) is 24.3 Å². The van der Waals surface area contributed by atoms with Crippen LogP contribution in [-0.4, -0.2) is 56.4 Å². The summed E-state index contributed by atoms with van der Waals surface area (Å²) in [5, 5.41) is 13.7. The van der Waals surface area contributed by atoms with Crippen LogP contribution in [0.3, 0.4) is 0 Å². The number of ether oxygens (including phenoxy) is 2. The minimum absolute atomic E-state index is 0.139. The zero-order valence-electron chi connectivity index (χ0n) is 21.6. The average molecular weight is 533 g/mol. The van der Waals surface area contributed by atoms with Crippen LogP contribution >= 0.6 is 0 Å². The molecule has 11 heteroatoms. The number of fused-ring (bicyclic) bond motifs is 1. The Morgan fingerprint density at radius 2 is 1.79 bits per heavy atom. The van der Waals surface area contributed by atoms with E-state index in [2.05, 4.69) is 9.62 Å². The number of imidazole rings is 1. The number of hydrogen-bond acceptors (Lipinski definition) is 8. The number of anilines is 1. The third-order valence-electron chi connectivity index (χ3n) is 6.66. The first-order valence-electron chi connectivity index (χ1n) is 12.1. The Morgan fingerprint density at radius 3 is 2.47 bits per heavy atom. The van der Waals surface area contributed by atoms with E-state index in [9.17, 15) is 8.42 Å². The van der Waals surface area contributed by atoms with Crippen molar-refractivity contribution in [1.29, 1.82) is 5.26 Å². The number of nitriles is 1. The van der Waals surface area contributed by atoms with Crippen LogP contribution in [-0.2, 0) is 10.0 Å². The van der Waals surface area contributed by atoms with Crippen molar-refractivity contribution in [2.75, 3.05) is 32.2 Å². The van der Waals surface area contributed by atoms with Crippen LogP contribution in [0.25, 0.3) is 16.9 Å². The Hall–Kier alpha value is -4.14. The molecule has 1 aliphatic heterocycles. The lowest BCUT2D eigenvalue weighted by molar-refractivity contribution is 0.355. The highest BCUT2D eigenvalue weighted by molar-refractivity contribution is 7.89. The van der Waals surface area contributed by atoms with Gasteiger partial charge in [0.1, 0.15) is 0 Å². The summed E-state index contributed by atoms with van der Waals surface area (Å²) in [4.78, 5) is 7.14. The number of benzene rings is 2. The molecule has 4 aromatic rings. The minimum atomic E-state index is -3.72. The Bertz CT molecular complexity index is 1660. The van der Waals surface area contributed by atoms with Gasteiger partial charge in [0.05, 0.1) is 53.5 Å². The second kappa shape index (κ2) is 9.96. The normalized spacial score (nSPS) is 15.6. The fraction of sp³-hybridized carbons (Fsp3) is 0.296. The molecule has 38 heavy (non-hydrogen) atoms. The highest BCUT2D eigenvalue weighted by Crippen LogP contribution is 2.36. The lowest BCUT2D eigenvalue weighted by Crippen LogP contribution is -2.37. The van der Waals surface area contributed by atoms with E-state index in [0.29, 0.717) is 42.2 Å². The molecule has 0 amide bonds. The van der Waals surface area contributed by atoms with Crippen molar-refractivity contribution in [1.82, 2.24) is 19.3 Å². The molecular formula is C27H28N6O4S. The summed E-state index contributed by atoms with van der Waals surface area (Å²) in [5.74, 6) is 1.25. The van der Waals surface area contributed by atoms with Gasteiger partial charge >= 0.3 is 0 Å². The summed E-state index contributed by atoms with van der Waals surface area (Å²) in [5.41, 5.74) is 5.38. The number of aryl methyl sites for hydroxylation is 2. The molecule has 196 valence electrons. The first-order chi connectivity index (χ1) is 18.2. The highest BCUT2D eigenvalue weighted by atomic mass is 32.2. The van der Waals surface area contributed by atoms with E-state index in [0.717, 1.165) is 28.3 Å². The van der Waals surface area contributed by atoms with Crippen LogP contribution in [0.15, 0.2) is 53.4 Å². The number of methoxy groups -OCH3 is 2. The molecule has 1 N–H and O–H groups in total. The summed E-state index contributed by atoms with van der Waals surface area (Å²) in [7, 11) is -0.518. The summed E-state index contributed by atoms with van der Waals surface area (Å²) >= 11 is 0. The molecule has 3 heterocycles.